The van der Waals surface area contributed by atoms with Crippen LogP contribution in [0.5, 0.6) is 0 Å². The molecule has 3 amide bonds. The zero-order valence-electron chi connectivity index (χ0n) is 18.7. The highest BCUT2D eigenvalue weighted by atomic mass is 16.2. The van der Waals surface area contributed by atoms with Crippen molar-refractivity contribution in [1.82, 2.24) is 10.6 Å². The molecule has 1 atom stereocenters. The molecular formula is C26H28N4O3. The Balaban J connectivity index is 1.47. The number of carbonyl (C=O) groups excluding carboxylic acids is 3. The summed E-state index contributed by atoms with van der Waals surface area (Å²) in [7, 11) is 0. The Morgan fingerprint density at radius 1 is 0.758 bits per heavy atom. The molecule has 7 nitrogen and oxygen atoms in total. The summed E-state index contributed by atoms with van der Waals surface area (Å²) >= 11 is 0. The lowest BCUT2D eigenvalue weighted by Crippen LogP contribution is -2.26. The van der Waals surface area contributed by atoms with E-state index in [0.29, 0.717) is 23.4 Å². The average molecular weight is 445 g/mol. The third-order valence-electron chi connectivity index (χ3n) is 5.02. The van der Waals surface area contributed by atoms with Crippen LogP contribution in [0.3, 0.4) is 0 Å². The van der Waals surface area contributed by atoms with E-state index in [0.717, 1.165) is 11.3 Å². The van der Waals surface area contributed by atoms with E-state index < -0.39 is 0 Å². The Kier molecular flexibility index (Phi) is 8.18. The third-order valence-corrected chi connectivity index (χ3v) is 5.02. The van der Waals surface area contributed by atoms with Gasteiger partial charge in [0, 0.05) is 29.0 Å². The minimum absolute atomic E-state index is 0.0668. The van der Waals surface area contributed by atoms with Crippen LogP contribution in [-0.4, -0.2) is 30.8 Å². The van der Waals surface area contributed by atoms with E-state index in [-0.39, 0.29) is 30.3 Å². The SMILES string of the molecule is CCNC(=O)c1ccc(NCC(=O)Nc2ccc(C(=O)NC(C)c3ccccc3)cc2)cc1. The second-order valence-electron chi connectivity index (χ2n) is 7.52. The minimum Gasteiger partial charge on any atom is -0.376 e. The molecule has 0 saturated heterocycles. The van der Waals surface area contributed by atoms with Gasteiger partial charge in [-0.2, -0.15) is 0 Å². The highest BCUT2D eigenvalue weighted by Crippen LogP contribution is 2.14. The predicted octanol–water partition coefficient (Wildman–Crippen LogP) is 3.98. The van der Waals surface area contributed by atoms with Crippen LogP contribution < -0.4 is 21.3 Å². The number of hydrogen-bond donors (Lipinski definition) is 4. The van der Waals surface area contributed by atoms with Crippen molar-refractivity contribution < 1.29 is 14.4 Å². The van der Waals surface area contributed by atoms with Crippen LogP contribution in [0.2, 0.25) is 0 Å². The lowest BCUT2D eigenvalue weighted by atomic mass is 10.1. The van der Waals surface area contributed by atoms with Crippen molar-refractivity contribution in [2.45, 2.75) is 19.9 Å². The quantitative estimate of drug-likeness (QED) is 0.401. The van der Waals surface area contributed by atoms with E-state index in [1.807, 2.05) is 44.2 Å². The summed E-state index contributed by atoms with van der Waals surface area (Å²) in [6.45, 7) is 4.43. The van der Waals surface area contributed by atoms with Gasteiger partial charge in [-0.3, -0.25) is 14.4 Å². The first-order chi connectivity index (χ1) is 16.0. The van der Waals surface area contributed by atoms with Gasteiger partial charge in [0.2, 0.25) is 5.91 Å². The summed E-state index contributed by atoms with van der Waals surface area (Å²) in [5.41, 5.74) is 3.44. The Labute approximate surface area is 193 Å². The lowest BCUT2D eigenvalue weighted by Gasteiger charge is -2.14. The van der Waals surface area contributed by atoms with Gasteiger partial charge in [0.15, 0.2) is 0 Å². The van der Waals surface area contributed by atoms with Gasteiger partial charge in [0.1, 0.15) is 0 Å². The molecule has 0 aliphatic heterocycles. The lowest BCUT2D eigenvalue weighted by molar-refractivity contribution is -0.114. The van der Waals surface area contributed by atoms with Gasteiger partial charge in [-0.05, 0) is 67.9 Å². The van der Waals surface area contributed by atoms with Crippen LogP contribution in [0.15, 0.2) is 78.9 Å². The first kappa shape index (κ1) is 23.5. The average Bonchev–Trinajstić information content (AvgIpc) is 2.84. The molecule has 0 fully saturated rings. The Bertz CT molecular complexity index is 1080. The molecule has 4 N–H and O–H groups in total. The zero-order chi connectivity index (χ0) is 23.6. The molecule has 170 valence electrons. The van der Waals surface area contributed by atoms with Crippen LogP contribution in [0, 0.1) is 0 Å². The Morgan fingerprint density at radius 2 is 1.33 bits per heavy atom. The van der Waals surface area contributed by atoms with Crippen LogP contribution >= 0.6 is 0 Å². The van der Waals surface area contributed by atoms with E-state index in [1.54, 1.807) is 48.5 Å². The normalized spacial score (nSPS) is 11.2. The molecule has 0 saturated carbocycles. The van der Waals surface area contributed by atoms with Gasteiger partial charge in [-0.25, -0.2) is 0 Å². The predicted molar refractivity (Wildman–Crippen MR) is 130 cm³/mol. The van der Waals surface area contributed by atoms with Crippen molar-refractivity contribution in [2.75, 3.05) is 23.7 Å². The maximum absolute atomic E-state index is 12.5. The highest BCUT2D eigenvalue weighted by molar-refractivity contribution is 5.97. The van der Waals surface area contributed by atoms with Crippen LogP contribution in [0.1, 0.15) is 46.2 Å². The zero-order valence-corrected chi connectivity index (χ0v) is 18.7. The molecule has 3 aromatic carbocycles. The summed E-state index contributed by atoms with van der Waals surface area (Å²) in [6, 6.07) is 23.3. The summed E-state index contributed by atoms with van der Waals surface area (Å²) in [6.07, 6.45) is 0. The first-order valence-corrected chi connectivity index (χ1v) is 10.8. The van der Waals surface area contributed by atoms with E-state index >= 15 is 0 Å². The van der Waals surface area contributed by atoms with Gasteiger partial charge in [-0.1, -0.05) is 30.3 Å². The van der Waals surface area contributed by atoms with E-state index in [2.05, 4.69) is 21.3 Å². The van der Waals surface area contributed by atoms with E-state index in [4.69, 9.17) is 0 Å². The summed E-state index contributed by atoms with van der Waals surface area (Å²) in [4.78, 5) is 36.5. The molecule has 0 radical (unpaired) electrons. The van der Waals surface area contributed by atoms with Gasteiger partial charge < -0.3 is 21.3 Å². The molecule has 33 heavy (non-hydrogen) atoms. The second-order valence-corrected chi connectivity index (χ2v) is 7.52. The highest BCUT2D eigenvalue weighted by Gasteiger charge is 2.11. The number of rotatable bonds is 9. The Morgan fingerprint density at radius 3 is 1.94 bits per heavy atom. The molecule has 3 rings (SSSR count). The fraction of sp³-hybridized carbons (Fsp3) is 0.192. The number of carbonyl (C=O) groups is 3. The van der Waals surface area contributed by atoms with Crippen LogP contribution in [0.4, 0.5) is 11.4 Å². The molecule has 3 aromatic rings. The smallest absolute Gasteiger partial charge is 0.251 e. The molecule has 0 heterocycles. The topological polar surface area (TPSA) is 99.3 Å². The molecular weight excluding hydrogens is 416 g/mol. The Hall–Kier alpha value is -4.13. The molecule has 1 unspecified atom stereocenters. The van der Waals surface area contributed by atoms with Crippen molar-refractivity contribution in [3.8, 4) is 0 Å². The molecule has 0 spiro atoms. The maximum Gasteiger partial charge on any atom is 0.251 e. The number of hydrogen-bond acceptors (Lipinski definition) is 4. The minimum atomic E-state index is -0.224. The fourth-order valence-electron chi connectivity index (χ4n) is 3.20. The van der Waals surface area contributed by atoms with Crippen LogP contribution in [0.25, 0.3) is 0 Å². The fourth-order valence-corrected chi connectivity index (χ4v) is 3.20. The van der Waals surface area contributed by atoms with Gasteiger partial charge in [-0.15, -0.1) is 0 Å². The van der Waals surface area contributed by atoms with E-state index in [9.17, 15) is 14.4 Å². The van der Waals surface area contributed by atoms with Crippen molar-refractivity contribution >= 4 is 29.1 Å². The van der Waals surface area contributed by atoms with Crippen molar-refractivity contribution in [2.24, 2.45) is 0 Å². The molecule has 0 bridgehead atoms. The number of nitrogens with one attached hydrogen (secondary N) is 4. The van der Waals surface area contributed by atoms with Gasteiger partial charge in [0.25, 0.3) is 11.8 Å². The maximum atomic E-state index is 12.5. The molecule has 0 aromatic heterocycles. The van der Waals surface area contributed by atoms with Crippen LogP contribution in [-0.2, 0) is 4.79 Å². The number of anilines is 2. The molecule has 0 aliphatic carbocycles. The van der Waals surface area contributed by atoms with Crippen molar-refractivity contribution in [3.05, 3.63) is 95.6 Å². The largest absolute Gasteiger partial charge is 0.376 e. The monoisotopic (exact) mass is 444 g/mol. The van der Waals surface area contributed by atoms with E-state index in [1.165, 1.54) is 0 Å². The molecule has 7 heteroatoms. The molecule has 0 aliphatic rings. The first-order valence-electron chi connectivity index (χ1n) is 10.8. The van der Waals surface area contributed by atoms with Gasteiger partial charge in [0.05, 0.1) is 12.6 Å². The van der Waals surface area contributed by atoms with Gasteiger partial charge >= 0.3 is 0 Å². The number of benzene rings is 3. The third kappa shape index (κ3) is 6.93. The summed E-state index contributed by atoms with van der Waals surface area (Å²) in [5.74, 6) is -0.534. The summed E-state index contributed by atoms with van der Waals surface area (Å²) in [5, 5.41) is 11.5. The van der Waals surface area contributed by atoms with Crippen molar-refractivity contribution in [1.29, 1.82) is 0 Å². The van der Waals surface area contributed by atoms with Crippen molar-refractivity contribution in [3.63, 3.8) is 0 Å². The summed E-state index contributed by atoms with van der Waals surface area (Å²) < 4.78 is 0. The second kappa shape index (κ2) is 11.5. The number of amides is 3. The standard InChI is InChI=1S/C26H28N4O3/c1-3-27-25(32)20-9-13-22(14-10-20)28-17-24(31)30-23-15-11-21(12-16-23)26(33)29-18(2)19-7-5-4-6-8-19/h4-16,18,28H,3,17H2,1-2H3,(H,27,32)(H,29,33)(H,30,31).